The van der Waals surface area contributed by atoms with Crippen molar-refractivity contribution in [3.63, 3.8) is 0 Å². The lowest BCUT2D eigenvalue weighted by Crippen LogP contribution is -2.17. The maximum Gasteiger partial charge on any atom is 0.179 e. The number of phenols is 2. The molecule has 2 unspecified atom stereocenters. The molecule has 4 N–H and O–H groups in total. The highest BCUT2D eigenvalue weighted by Gasteiger charge is 2.28. The number of aromatic amines is 2. The Morgan fingerprint density at radius 2 is 0.984 bits per heavy atom. The van der Waals surface area contributed by atoms with Gasteiger partial charge < -0.3 is 29.2 Å². The lowest BCUT2D eigenvalue weighted by atomic mass is 9.84. The third-order valence-electron chi connectivity index (χ3n) is 10.6. The quantitative estimate of drug-likeness (QED) is 0.0718. The molecule has 0 aliphatic carbocycles. The summed E-state index contributed by atoms with van der Waals surface area (Å²) in [5.41, 5.74) is 5.37. The number of hydrogen-bond donors (Lipinski definition) is 4. The second-order valence-corrected chi connectivity index (χ2v) is 14.7. The van der Waals surface area contributed by atoms with Gasteiger partial charge in [-0.05, 0) is 106 Å². The summed E-state index contributed by atoms with van der Waals surface area (Å²) in [5, 5.41) is 50.4. The number of ketones is 1. The molecule has 2 heterocycles. The van der Waals surface area contributed by atoms with Crippen molar-refractivity contribution in [1.29, 1.82) is 0 Å². The summed E-state index contributed by atoms with van der Waals surface area (Å²) in [7, 11) is 0. The predicted octanol–water partition coefficient (Wildman–Crippen LogP) is 9.29. The van der Waals surface area contributed by atoms with Crippen LogP contribution in [0, 0.1) is 13.8 Å². The van der Waals surface area contributed by atoms with Gasteiger partial charge in [0.2, 0.25) is 0 Å². The summed E-state index contributed by atoms with van der Waals surface area (Å²) in [6.45, 7) is 7.52. The van der Waals surface area contributed by atoms with E-state index in [1.54, 1.807) is 52.0 Å². The normalized spacial score (nSPS) is 12.1. The smallest absolute Gasteiger partial charge is 0.179 e. The van der Waals surface area contributed by atoms with Gasteiger partial charge in [-0.2, -0.15) is 0 Å². The monoisotopic (exact) mass is 830 g/mol. The van der Waals surface area contributed by atoms with Crippen molar-refractivity contribution in [3.8, 4) is 68.8 Å². The van der Waals surface area contributed by atoms with Gasteiger partial charge in [0, 0.05) is 45.2 Å². The van der Waals surface area contributed by atoms with Crippen LogP contribution in [0.1, 0.15) is 59.1 Å². The van der Waals surface area contributed by atoms with E-state index in [1.165, 1.54) is 0 Å². The summed E-state index contributed by atoms with van der Waals surface area (Å²) in [6.07, 6.45) is 0. The lowest BCUT2D eigenvalue weighted by molar-refractivity contribution is -0.121. The van der Waals surface area contributed by atoms with E-state index in [2.05, 4.69) is 41.2 Å². The number of aromatic nitrogens is 8. The molecule has 2 aromatic heterocycles. The summed E-state index contributed by atoms with van der Waals surface area (Å²) in [4.78, 5) is 13.9. The van der Waals surface area contributed by atoms with Crippen LogP contribution in [0.4, 0.5) is 0 Å². The van der Waals surface area contributed by atoms with E-state index < -0.39 is 11.8 Å². The highest BCUT2D eigenvalue weighted by molar-refractivity contribution is 5.92. The number of aromatic hydroxyl groups is 2. The molecule has 0 radical (unpaired) electrons. The number of hydrogen-bond acceptors (Lipinski definition) is 13. The third kappa shape index (κ3) is 9.06. The standard InChI is InChI=1S/C47H42N8O7/c1-27(39-19-21-41(29(3)44(39)57)59-25-31-11-15-35(16-12-31)61-37-9-5-7-33(23-37)46-48-52-53-49-46)43(56)28(2)40-20-22-42(30(4)45(40)58)60-26-32-13-17-36(18-14-32)62-38-10-6-8-34(24-38)47-50-54-55-51-47/h5-24,27-28,57-58H,25-26H2,1-4H3,(H,48,49,52,53)(H,50,51,54,55). The maximum atomic E-state index is 13.9. The SMILES string of the molecule is Cc1c(OCc2ccc(Oc3cccc(-c4nnn[nH]4)c3)cc2)ccc(C(C)C(=O)C(C)c2ccc(OCc3ccc(Oc4cccc(-c5nnn[nH]5)c4)cc3)c(C)c2O)c1O. The number of carbonyl (C=O) groups excluding carboxylic acids is 1. The van der Waals surface area contributed by atoms with Crippen LogP contribution in [-0.2, 0) is 18.0 Å². The molecule has 6 aromatic carbocycles. The summed E-state index contributed by atoms with van der Waals surface area (Å²) in [6, 6.07) is 36.8. The van der Waals surface area contributed by atoms with Gasteiger partial charge in [0.1, 0.15) is 65.0 Å². The Hall–Kier alpha value is -8.07. The predicted molar refractivity (Wildman–Crippen MR) is 228 cm³/mol. The largest absolute Gasteiger partial charge is 0.507 e. The molecule has 62 heavy (non-hydrogen) atoms. The Kier molecular flexibility index (Phi) is 11.8. The van der Waals surface area contributed by atoms with Gasteiger partial charge in [-0.25, -0.2) is 10.2 Å². The van der Waals surface area contributed by atoms with Gasteiger partial charge in [0.05, 0.1) is 0 Å². The van der Waals surface area contributed by atoms with Crippen molar-refractivity contribution in [1.82, 2.24) is 41.2 Å². The molecule has 0 saturated heterocycles. The van der Waals surface area contributed by atoms with E-state index in [1.807, 2.05) is 97.1 Å². The van der Waals surface area contributed by atoms with Crippen LogP contribution in [0.15, 0.2) is 121 Å². The molecule has 8 aromatic rings. The van der Waals surface area contributed by atoms with Gasteiger partial charge in [-0.3, -0.25) is 4.79 Å². The second kappa shape index (κ2) is 18.0. The van der Waals surface area contributed by atoms with E-state index in [9.17, 15) is 15.0 Å². The molecule has 8 rings (SSSR count). The van der Waals surface area contributed by atoms with Gasteiger partial charge in [0.25, 0.3) is 0 Å². The molecular formula is C47H42N8O7. The second-order valence-electron chi connectivity index (χ2n) is 14.7. The fourth-order valence-corrected chi connectivity index (χ4v) is 6.98. The number of benzene rings is 6. The first-order chi connectivity index (χ1) is 30.1. The minimum Gasteiger partial charge on any atom is -0.507 e. The van der Waals surface area contributed by atoms with Crippen molar-refractivity contribution in [3.05, 3.63) is 155 Å². The fraction of sp³-hybridized carbons (Fsp3) is 0.170. The Morgan fingerprint density at radius 1 is 0.565 bits per heavy atom. The van der Waals surface area contributed by atoms with E-state index in [4.69, 9.17) is 18.9 Å². The van der Waals surface area contributed by atoms with Gasteiger partial charge >= 0.3 is 0 Å². The van der Waals surface area contributed by atoms with E-state index in [0.717, 1.165) is 22.3 Å². The highest BCUT2D eigenvalue weighted by Crippen LogP contribution is 2.41. The summed E-state index contributed by atoms with van der Waals surface area (Å²) >= 11 is 0. The Morgan fingerprint density at radius 3 is 1.37 bits per heavy atom. The molecule has 2 atom stereocenters. The van der Waals surface area contributed by atoms with Crippen LogP contribution >= 0.6 is 0 Å². The minimum absolute atomic E-state index is 0.0128. The molecule has 0 amide bonds. The number of ether oxygens (including phenoxy) is 4. The Labute approximate surface area is 356 Å². The van der Waals surface area contributed by atoms with Crippen molar-refractivity contribution in [2.45, 2.75) is 52.7 Å². The molecule has 0 fully saturated rings. The summed E-state index contributed by atoms with van der Waals surface area (Å²) in [5.74, 6) is 3.11. The number of carbonyl (C=O) groups is 1. The molecule has 312 valence electrons. The molecule has 0 aliphatic heterocycles. The van der Waals surface area contributed by atoms with Crippen LogP contribution in [0.5, 0.6) is 46.0 Å². The molecule has 0 aliphatic rings. The molecule has 0 saturated carbocycles. The number of H-pyrrole nitrogens is 2. The van der Waals surface area contributed by atoms with Crippen molar-refractivity contribution < 1.29 is 34.0 Å². The van der Waals surface area contributed by atoms with Crippen LogP contribution in [-0.4, -0.2) is 57.2 Å². The van der Waals surface area contributed by atoms with Crippen LogP contribution in [0.2, 0.25) is 0 Å². The number of phenolic OH excluding ortho intramolecular Hbond substituents is 2. The topological polar surface area (TPSA) is 203 Å². The Balaban J connectivity index is 0.848. The zero-order valence-corrected chi connectivity index (χ0v) is 34.2. The molecular weight excluding hydrogens is 789 g/mol. The van der Waals surface area contributed by atoms with E-state index in [-0.39, 0.29) is 30.5 Å². The van der Waals surface area contributed by atoms with Crippen LogP contribution < -0.4 is 18.9 Å². The van der Waals surface area contributed by atoms with Crippen LogP contribution in [0.3, 0.4) is 0 Å². The first kappa shape index (κ1) is 40.7. The van der Waals surface area contributed by atoms with Gasteiger partial charge in [-0.1, -0.05) is 74.5 Å². The first-order valence-electron chi connectivity index (χ1n) is 19.8. The lowest BCUT2D eigenvalue weighted by Gasteiger charge is -2.22. The maximum absolute atomic E-state index is 13.9. The van der Waals surface area contributed by atoms with Crippen molar-refractivity contribution >= 4 is 5.78 Å². The van der Waals surface area contributed by atoms with E-state index in [0.29, 0.717) is 68.4 Å². The van der Waals surface area contributed by atoms with Gasteiger partial charge in [-0.15, -0.1) is 10.2 Å². The number of Topliss-reactive ketones (excluding diaryl/α,β-unsaturated/α-hetero) is 1. The average Bonchev–Trinajstić information content (AvgIpc) is 4.05. The average molecular weight is 831 g/mol. The summed E-state index contributed by atoms with van der Waals surface area (Å²) < 4.78 is 24.2. The number of nitrogens with zero attached hydrogens (tertiary/aromatic N) is 6. The zero-order valence-electron chi connectivity index (χ0n) is 34.2. The first-order valence-corrected chi connectivity index (χ1v) is 19.8. The van der Waals surface area contributed by atoms with Crippen molar-refractivity contribution in [2.75, 3.05) is 0 Å². The molecule has 15 nitrogen and oxygen atoms in total. The Bertz CT molecular complexity index is 2610. The molecule has 15 heteroatoms. The van der Waals surface area contributed by atoms with E-state index >= 15 is 0 Å². The number of tetrazole rings is 2. The minimum atomic E-state index is -0.671. The molecule has 0 bridgehead atoms. The molecule has 0 spiro atoms. The zero-order chi connectivity index (χ0) is 43.2. The number of rotatable bonds is 16. The van der Waals surface area contributed by atoms with Crippen LogP contribution in [0.25, 0.3) is 22.8 Å². The number of nitrogens with one attached hydrogen (secondary N) is 2. The van der Waals surface area contributed by atoms with Gasteiger partial charge in [0.15, 0.2) is 11.6 Å². The van der Waals surface area contributed by atoms with Crippen molar-refractivity contribution in [2.24, 2.45) is 0 Å². The highest BCUT2D eigenvalue weighted by atomic mass is 16.5. The fourth-order valence-electron chi connectivity index (χ4n) is 6.98. The third-order valence-corrected chi connectivity index (χ3v) is 10.6.